The smallest absolute Gasteiger partial charge is 0.264 e. The van der Waals surface area contributed by atoms with Crippen molar-refractivity contribution in [3.63, 3.8) is 0 Å². The molecule has 5 nitrogen and oxygen atoms in total. The number of rotatable bonds is 9. The highest BCUT2D eigenvalue weighted by atomic mass is 16.5. The first-order valence-electron chi connectivity index (χ1n) is 10.9. The molecule has 0 bridgehead atoms. The van der Waals surface area contributed by atoms with Crippen LogP contribution in [0.5, 0.6) is 5.75 Å². The number of benzene rings is 3. The molecular formula is C27H30N2O3. The van der Waals surface area contributed by atoms with Gasteiger partial charge >= 0.3 is 0 Å². The summed E-state index contributed by atoms with van der Waals surface area (Å²) < 4.78 is 5.67. The Morgan fingerprint density at radius 1 is 0.906 bits per heavy atom. The molecule has 0 aliphatic carbocycles. The standard InChI is InChI=1S/C27H30N2O3/c1-20(2)22-13-15-23(16-14-22)32-19-26(30)29(3)25-12-8-7-11-24(25)27(31)28-18-17-21-9-5-4-6-10-21/h4-16,20H,17-19H2,1-3H3,(H,28,31). The molecule has 0 unspecified atom stereocenters. The molecule has 3 rings (SSSR count). The van der Waals surface area contributed by atoms with Crippen molar-refractivity contribution >= 4 is 17.5 Å². The first-order chi connectivity index (χ1) is 15.5. The normalized spacial score (nSPS) is 10.6. The maximum atomic E-state index is 12.8. The lowest BCUT2D eigenvalue weighted by Gasteiger charge is -2.20. The van der Waals surface area contributed by atoms with Gasteiger partial charge < -0.3 is 15.0 Å². The lowest BCUT2D eigenvalue weighted by Crippen LogP contribution is -2.34. The Balaban J connectivity index is 1.59. The SMILES string of the molecule is CC(C)c1ccc(OCC(=O)N(C)c2ccccc2C(=O)NCCc2ccccc2)cc1. The van der Waals surface area contributed by atoms with Crippen LogP contribution in [-0.2, 0) is 11.2 Å². The van der Waals surface area contributed by atoms with Crippen molar-refractivity contribution in [2.45, 2.75) is 26.2 Å². The van der Waals surface area contributed by atoms with Crippen molar-refractivity contribution < 1.29 is 14.3 Å². The molecule has 0 saturated heterocycles. The van der Waals surface area contributed by atoms with E-state index < -0.39 is 0 Å². The molecule has 0 aliphatic heterocycles. The molecule has 0 fully saturated rings. The Morgan fingerprint density at radius 2 is 1.56 bits per heavy atom. The second kappa shape index (κ2) is 11.1. The maximum Gasteiger partial charge on any atom is 0.264 e. The van der Waals surface area contributed by atoms with Gasteiger partial charge in [-0.2, -0.15) is 0 Å². The Labute approximate surface area is 190 Å². The number of amides is 2. The Morgan fingerprint density at radius 3 is 2.25 bits per heavy atom. The second-order valence-corrected chi connectivity index (χ2v) is 7.97. The van der Waals surface area contributed by atoms with Crippen LogP contribution in [-0.4, -0.2) is 32.0 Å². The average Bonchev–Trinajstić information content (AvgIpc) is 2.83. The van der Waals surface area contributed by atoms with Gasteiger partial charge in [0.1, 0.15) is 5.75 Å². The summed E-state index contributed by atoms with van der Waals surface area (Å²) >= 11 is 0. The number of anilines is 1. The third-order valence-corrected chi connectivity index (χ3v) is 5.34. The van der Waals surface area contributed by atoms with Gasteiger partial charge in [0.2, 0.25) is 0 Å². The summed E-state index contributed by atoms with van der Waals surface area (Å²) in [4.78, 5) is 27.0. The number of ether oxygens (including phenoxy) is 1. The second-order valence-electron chi connectivity index (χ2n) is 7.97. The molecule has 5 heteroatoms. The van der Waals surface area contributed by atoms with Crippen LogP contribution in [0.15, 0.2) is 78.9 Å². The highest BCUT2D eigenvalue weighted by Gasteiger charge is 2.18. The molecule has 0 radical (unpaired) electrons. The number of carbonyl (C=O) groups is 2. The number of nitrogens with one attached hydrogen (secondary N) is 1. The molecule has 0 aromatic heterocycles. The van der Waals surface area contributed by atoms with Gasteiger partial charge in [-0.3, -0.25) is 9.59 Å². The lowest BCUT2D eigenvalue weighted by atomic mass is 10.0. The van der Waals surface area contributed by atoms with E-state index in [4.69, 9.17) is 4.74 Å². The van der Waals surface area contributed by atoms with Crippen molar-refractivity contribution in [2.75, 3.05) is 25.1 Å². The molecule has 0 heterocycles. The Kier molecular flexibility index (Phi) is 8.03. The van der Waals surface area contributed by atoms with Crippen LogP contribution in [0.1, 0.15) is 41.3 Å². The van der Waals surface area contributed by atoms with E-state index in [1.807, 2.05) is 60.7 Å². The lowest BCUT2D eigenvalue weighted by molar-refractivity contribution is -0.120. The summed E-state index contributed by atoms with van der Waals surface area (Å²) in [5.41, 5.74) is 3.38. The molecule has 2 amide bonds. The van der Waals surface area contributed by atoms with Crippen LogP contribution in [0.2, 0.25) is 0 Å². The van der Waals surface area contributed by atoms with Crippen molar-refractivity contribution in [2.24, 2.45) is 0 Å². The zero-order chi connectivity index (χ0) is 22.9. The zero-order valence-corrected chi connectivity index (χ0v) is 18.9. The predicted molar refractivity (Wildman–Crippen MR) is 128 cm³/mol. The van der Waals surface area contributed by atoms with Gasteiger partial charge in [-0.05, 0) is 47.7 Å². The number of nitrogens with zero attached hydrogens (tertiary/aromatic N) is 1. The van der Waals surface area contributed by atoms with Gasteiger partial charge in [0.05, 0.1) is 11.3 Å². The molecule has 3 aromatic rings. The Hall–Kier alpha value is -3.60. The molecular weight excluding hydrogens is 400 g/mol. The van der Waals surface area contributed by atoms with E-state index in [0.29, 0.717) is 29.5 Å². The third kappa shape index (κ3) is 6.20. The summed E-state index contributed by atoms with van der Waals surface area (Å²) in [6.45, 7) is 4.67. The first kappa shape index (κ1) is 23.1. The van der Waals surface area contributed by atoms with E-state index in [1.165, 1.54) is 10.5 Å². The van der Waals surface area contributed by atoms with Crippen molar-refractivity contribution in [3.05, 3.63) is 95.6 Å². The van der Waals surface area contributed by atoms with Crippen LogP contribution >= 0.6 is 0 Å². The molecule has 1 N–H and O–H groups in total. The summed E-state index contributed by atoms with van der Waals surface area (Å²) in [6, 6.07) is 24.8. The van der Waals surface area contributed by atoms with Crippen LogP contribution < -0.4 is 15.0 Å². The van der Waals surface area contributed by atoms with Gasteiger partial charge in [0, 0.05) is 13.6 Å². The molecule has 0 spiro atoms. The van der Waals surface area contributed by atoms with Crippen LogP contribution in [0.3, 0.4) is 0 Å². The zero-order valence-electron chi connectivity index (χ0n) is 18.9. The van der Waals surface area contributed by atoms with Crippen molar-refractivity contribution in [1.29, 1.82) is 0 Å². The number of likely N-dealkylation sites (N-methyl/N-ethyl adjacent to an activating group) is 1. The van der Waals surface area contributed by atoms with Crippen molar-refractivity contribution in [3.8, 4) is 5.75 Å². The van der Waals surface area contributed by atoms with Gasteiger partial charge in [-0.25, -0.2) is 0 Å². The van der Waals surface area contributed by atoms with E-state index >= 15 is 0 Å². The topological polar surface area (TPSA) is 58.6 Å². The summed E-state index contributed by atoms with van der Waals surface area (Å²) in [5.74, 6) is 0.638. The molecule has 166 valence electrons. The fourth-order valence-corrected chi connectivity index (χ4v) is 3.34. The largest absolute Gasteiger partial charge is 0.484 e. The summed E-state index contributed by atoms with van der Waals surface area (Å²) in [7, 11) is 1.66. The highest BCUT2D eigenvalue weighted by molar-refractivity contribution is 6.04. The van der Waals surface area contributed by atoms with Gasteiger partial charge in [-0.15, -0.1) is 0 Å². The molecule has 0 saturated carbocycles. The quantitative estimate of drug-likeness (QED) is 0.529. The van der Waals surface area contributed by atoms with Crippen LogP contribution in [0.4, 0.5) is 5.69 Å². The minimum atomic E-state index is -0.234. The summed E-state index contributed by atoms with van der Waals surface area (Å²) in [6.07, 6.45) is 0.743. The van der Waals surface area contributed by atoms with Crippen LogP contribution in [0, 0.1) is 0 Å². The fraction of sp³-hybridized carbons (Fsp3) is 0.259. The van der Waals surface area contributed by atoms with E-state index in [1.54, 1.807) is 25.2 Å². The van der Waals surface area contributed by atoms with Crippen molar-refractivity contribution in [1.82, 2.24) is 5.32 Å². The molecule has 0 aliphatic rings. The maximum absolute atomic E-state index is 12.8. The van der Waals surface area contributed by atoms with E-state index in [9.17, 15) is 9.59 Å². The van der Waals surface area contributed by atoms with E-state index in [-0.39, 0.29) is 18.4 Å². The monoisotopic (exact) mass is 430 g/mol. The van der Waals surface area contributed by atoms with Gasteiger partial charge in [-0.1, -0.05) is 68.4 Å². The minimum absolute atomic E-state index is 0.110. The number of hydrogen-bond acceptors (Lipinski definition) is 3. The Bertz CT molecular complexity index is 1030. The number of carbonyl (C=O) groups excluding carboxylic acids is 2. The van der Waals surface area contributed by atoms with E-state index in [0.717, 1.165) is 12.0 Å². The molecule has 32 heavy (non-hydrogen) atoms. The highest BCUT2D eigenvalue weighted by Crippen LogP contribution is 2.21. The number of para-hydroxylation sites is 1. The molecule has 3 aromatic carbocycles. The van der Waals surface area contributed by atoms with Gasteiger partial charge in [0.15, 0.2) is 6.61 Å². The minimum Gasteiger partial charge on any atom is -0.484 e. The first-order valence-corrected chi connectivity index (χ1v) is 10.9. The van der Waals surface area contributed by atoms with Crippen LogP contribution in [0.25, 0.3) is 0 Å². The number of hydrogen-bond donors (Lipinski definition) is 1. The summed E-state index contributed by atoms with van der Waals surface area (Å²) in [5, 5.41) is 2.95. The fourth-order valence-electron chi connectivity index (χ4n) is 3.34. The predicted octanol–water partition coefficient (Wildman–Crippen LogP) is 4.82. The van der Waals surface area contributed by atoms with E-state index in [2.05, 4.69) is 19.2 Å². The average molecular weight is 431 g/mol. The molecule has 0 atom stereocenters. The van der Waals surface area contributed by atoms with Gasteiger partial charge in [0.25, 0.3) is 11.8 Å². The third-order valence-electron chi connectivity index (χ3n) is 5.34.